The van der Waals surface area contributed by atoms with Crippen LogP contribution in [0.3, 0.4) is 0 Å². The molecule has 8 heteroatoms. The first-order valence-electron chi connectivity index (χ1n) is 11.1. The molecule has 0 radical (unpaired) electrons. The molecule has 0 aliphatic heterocycles. The SMILES string of the molecule is Cc1nc(-c2cccnc2)sc1C(=O)N[C@H](/C=C/S(=O)(=O)c1ccccc1)CCc1ccccc1. The fraction of sp³-hybridized carbons (Fsp3) is 0.148. The highest BCUT2D eigenvalue weighted by molar-refractivity contribution is 7.94. The highest BCUT2D eigenvalue weighted by atomic mass is 32.2. The average molecular weight is 504 g/mol. The number of carbonyl (C=O) groups is 1. The highest BCUT2D eigenvalue weighted by Gasteiger charge is 2.20. The third kappa shape index (κ3) is 6.49. The molecule has 0 unspecified atom stereocenters. The lowest BCUT2D eigenvalue weighted by molar-refractivity contribution is 0.0946. The van der Waals surface area contributed by atoms with Crippen LogP contribution in [-0.2, 0) is 16.3 Å². The summed E-state index contributed by atoms with van der Waals surface area (Å²) in [5, 5.41) is 4.89. The van der Waals surface area contributed by atoms with Crippen molar-refractivity contribution in [1.82, 2.24) is 15.3 Å². The smallest absolute Gasteiger partial charge is 0.263 e. The number of thiazole rings is 1. The van der Waals surface area contributed by atoms with E-state index in [0.717, 1.165) is 11.1 Å². The normalized spacial score (nSPS) is 12.5. The quantitative estimate of drug-likeness (QED) is 0.338. The number of aryl methyl sites for hydroxylation is 2. The van der Waals surface area contributed by atoms with E-state index in [-0.39, 0.29) is 10.8 Å². The maximum atomic E-state index is 13.2. The third-order valence-corrected chi connectivity index (χ3v) is 8.03. The molecule has 0 fully saturated rings. The van der Waals surface area contributed by atoms with Crippen LogP contribution in [0.2, 0.25) is 0 Å². The monoisotopic (exact) mass is 503 g/mol. The second-order valence-electron chi connectivity index (χ2n) is 7.97. The zero-order valence-electron chi connectivity index (χ0n) is 19.2. The minimum Gasteiger partial charge on any atom is -0.345 e. The van der Waals surface area contributed by atoms with Crippen molar-refractivity contribution < 1.29 is 13.2 Å². The molecular formula is C27H25N3O3S2. The molecule has 4 rings (SSSR count). The van der Waals surface area contributed by atoms with Gasteiger partial charge in [-0.3, -0.25) is 9.78 Å². The van der Waals surface area contributed by atoms with Crippen LogP contribution in [0.1, 0.15) is 27.3 Å². The maximum Gasteiger partial charge on any atom is 0.263 e. The molecule has 2 heterocycles. The van der Waals surface area contributed by atoms with Crippen molar-refractivity contribution in [2.45, 2.75) is 30.7 Å². The Labute approximate surface area is 209 Å². The minimum atomic E-state index is -3.63. The molecule has 4 aromatic rings. The topological polar surface area (TPSA) is 89.0 Å². The second-order valence-corrected chi connectivity index (χ2v) is 10.8. The number of sulfone groups is 1. The van der Waals surface area contributed by atoms with Crippen molar-refractivity contribution in [3.63, 3.8) is 0 Å². The summed E-state index contributed by atoms with van der Waals surface area (Å²) in [4.78, 5) is 22.5. The number of hydrogen-bond acceptors (Lipinski definition) is 6. The molecule has 0 bridgehead atoms. The van der Waals surface area contributed by atoms with E-state index in [1.807, 2.05) is 42.5 Å². The Morgan fingerprint density at radius 2 is 1.74 bits per heavy atom. The number of rotatable bonds is 9. The van der Waals surface area contributed by atoms with E-state index >= 15 is 0 Å². The van der Waals surface area contributed by atoms with Gasteiger partial charge in [-0.1, -0.05) is 54.6 Å². The van der Waals surface area contributed by atoms with Gasteiger partial charge in [0.2, 0.25) is 0 Å². The third-order valence-electron chi connectivity index (χ3n) is 5.38. The zero-order chi connectivity index (χ0) is 24.7. The molecule has 0 saturated carbocycles. The van der Waals surface area contributed by atoms with E-state index in [4.69, 9.17) is 0 Å². The van der Waals surface area contributed by atoms with E-state index in [9.17, 15) is 13.2 Å². The highest BCUT2D eigenvalue weighted by Crippen LogP contribution is 2.27. The fourth-order valence-corrected chi connectivity index (χ4v) is 5.57. The van der Waals surface area contributed by atoms with Gasteiger partial charge in [-0.15, -0.1) is 11.3 Å². The summed E-state index contributed by atoms with van der Waals surface area (Å²) in [7, 11) is -3.63. The molecule has 1 amide bonds. The molecule has 178 valence electrons. The lowest BCUT2D eigenvalue weighted by Gasteiger charge is -2.15. The van der Waals surface area contributed by atoms with Crippen LogP contribution in [0.15, 0.2) is 102 Å². The molecule has 0 spiro atoms. The van der Waals surface area contributed by atoms with E-state index in [2.05, 4.69) is 15.3 Å². The Morgan fingerprint density at radius 1 is 1.03 bits per heavy atom. The van der Waals surface area contributed by atoms with Crippen molar-refractivity contribution in [3.8, 4) is 10.6 Å². The molecule has 0 aliphatic rings. The van der Waals surface area contributed by atoms with Gasteiger partial charge in [0.25, 0.3) is 5.91 Å². The number of amides is 1. The van der Waals surface area contributed by atoms with Gasteiger partial charge in [0.05, 0.1) is 10.6 Å². The van der Waals surface area contributed by atoms with Crippen molar-refractivity contribution in [2.24, 2.45) is 0 Å². The van der Waals surface area contributed by atoms with E-state index in [1.54, 1.807) is 55.7 Å². The molecular weight excluding hydrogens is 478 g/mol. The molecule has 1 N–H and O–H groups in total. The van der Waals surface area contributed by atoms with Crippen molar-refractivity contribution in [3.05, 3.63) is 113 Å². The second kappa shape index (κ2) is 11.2. The van der Waals surface area contributed by atoms with Gasteiger partial charge in [0.1, 0.15) is 9.88 Å². The van der Waals surface area contributed by atoms with Gasteiger partial charge in [-0.05, 0) is 49.6 Å². The Balaban J connectivity index is 1.55. The van der Waals surface area contributed by atoms with Crippen LogP contribution >= 0.6 is 11.3 Å². The van der Waals surface area contributed by atoms with Crippen LogP contribution in [0.5, 0.6) is 0 Å². The Kier molecular flexibility index (Phi) is 7.84. The summed E-state index contributed by atoms with van der Waals surface area (Å²) in [6.07, 6.45) is 6.18. The van der Waals surface area contributed by atoms with Crippen molar-refractivity contribution >= 4 is 27.1 Å². The Hall–Kier alpha value is -3.62. The predicted octanol–water partition coefficient (Wildman–Crippen LogP) is 5.23. The van der Waals surface area contributed by atoms with Gasteiger partial charge in [-0.25, -0.2) is 13.4 Å². The first-order chi connectivity index (χ1) is 16.9. The number of benzene rings is 2. The van der Waals surface area contributed by atoms with Gasteiger partial charge in [-0.2, -0.15) is 0 Å². The van der Waals surface area contributed by atoms with Crippen LogP contribution in [0.25, 0.3) is 10.6 Å². The Morgan fingerprint density at radius 3 is 2.43 bits per heavy atom. The summed E-state index contributed by atoms with van der Waals surface area (Å²) in [6.45, 7) is 1.79. The molecule has 0 saturated heterocycles. The number of nitrogens with zero attached hydrogens (tertiary/aromatic N) is 2. The van der Waals surface area contributed by atoms with Crippen molar-refractivity contribution in [2.75, 3.05) is 0 Å². The minimum absolute atomic E-state index is 0.212. The number of hydrogen-bond donors (Lipinski definition) is 1. The number of aromatic nitrogens is 2. The molecule has 2 aromatic carbocycles. The van der Waals surface area contributed by atoms with Crippen LogP contribution < -0.4 is 5.32 Å². The van der Waals surface area contributed by atoms with E-state index in [1.165, 1.54) is 16.7 Å². The summed E-state index contributed by atoms with van der Waals surface area (Å²) in [6, 6.07) is 21.4. The predicted molar refractivity (Wildman–Crippen MR) is 139 cm³/mol. The van der Waals surface area contributed by atoms with Gasteiger partial charge < -0.3 is 5.32 Å². The van der Waals surface area contributed by atoms with Gasteiger partial charge >= 0.3 is 0 Å². The van der Waals surface area contributed by atoms with E-state index in [0.29, 0.717) is 28.4 Å². The summed E-state index contributed by atoms with van der Waals surface area (Å²) < 4.78 is 25.5. The summed E-state index contributed by atoms with van der Waals surface area (Å²) in [5.41, 5.74) is 2.57. The molecule has 35 heavy (non-hydrogen) atoms. The largest absolute Gasteiger partial charge is 0.345 e. The fourth-order valence-electron chi connectivity index (χ4n) is 3.52. The summed E-state index contributed by atoms with van der Waals surface area (Å²) >= 11 is 1.29. The summed E-state index contributed by atoms with van der Waals surface area (Å²) in [5.74, 6) is -0.282. The van der Waals surface area contributed by atoms with Crippen molar-refractivity contribution in [1.29, 1.82) is 0 Å². The van der Waals surface area contributed by atoms with Crippen LogP contribution in [0.4, 0.5) is 0 Å². The first-order valence-corrected chi connectivity index (χ1v) is 13.5. The number of nitrogens with one attached hydrogen (secondary N) is 1. The van der Waals surface area contributed by atoms with Crippen LogP contribution in [-0.4, -0.2) is 30.3 Å². The lowest BCUT2D eigenvalue weighted by Crippen LogP contribution is -2.34. The molecule has 2 aromatic heterocycles. The molecule has 0 aliphatic carbocycles. The van der Waals surface area contributed by atoms with Crippen LogP contribution in [0, 0.1) is 6.92 Å². The van der Waals surface area contributed by atoms with Gasteiger partial charge in [0.15, 0.2) is 9.84 Å². The van der Waals surface area contributed by atoms with E-state index < -0.39 is 15.9 Å². The zero-order valence-corrected chi connectivity index (χ0v) is 20.8. The number of pyridine rings is 1. The average Bonchev–Trinajstić information content (AvgIpc) is 3.29. The molecule has 1 atom stereocenters. The number of carbonyl (C=O) groups excluding carboxylic acids is 1. The first kappa shape index (κ1) is 24.5. The molecule has 6 nitrogen and oxygen atoms in total. The Bertz CT molecular complexity index is 1400. The standard InChI is InChI=1S/C27H25N3O3S2/c1-20-25(34-27(29-20)22-11-8-17-28-19-22)26(31)30-23(15-14-21-9-4-2-5-10-21)16-18-35(32,33)24-12-6-3-7-13-24/h2-13,16-19,23H,14-15H2,1H3,(H,30,31)/b18-16+/t23-/m0/s1. The maximum absolute atomic E-state index is 13.2. The lowest BCUT2D eigenvalue weighted by atomic mass is 10.1. The van der Waals surface area contributed by atoms with Gasteiger partial charge in [0, 0.05) is 29.4 Å².